The second kappa shape index (κ2) is 2.71. The van der Waals surface area contributed by atoms with Crippen LogP contribution < -0.4 is 0 Å². The monoisotopic (exact) mass is 108 g/mol. The summed E-state index contributed by atoms with van der Waals surface area (Å²) in [4.78, 5) is 0. The number of hydrogen-bond acceptors (Lipinski definition) is 0. The summed E-state index contributed by atoms with van der Waals surface area (Å²) >= 11 is 0. The van der Waals surface area contributed by atoms with Crippen LogP contribution in [0.4, 0.5) is 0 Å². The van der Waals surface area contributed by atoms with Crippen molar-refractivity contribution in [1.82, 2.24) is 0 Å². The maximum atomic E-state index is 3.66. The molecule has 0 saturated heterocycles. The fraction of sp³-hybridized carbons (Fsp3) is 0.500. The van der Waals surface area contributed by atoms with Gasteiger partial charge in [0, 0.05) is 0 Å². The highest BCUT2D eigenvalue weighted by Gasteiger charge is 2.02. The molecular weight excluding hydrogens is 96.1 g/mol. The van der Waals surface area contributed by atoms with Crippen molar-refractivity contribution in [3.63, 3.8) is 0 Å². The number of rotatable bonds is 3. The summed E-state index contributed by atoms with van der Waals surface area (Å²) in [5.41, 5.74) is 1.63. The molecule has 0 fully saturated rings. The van der Waals surface area contributed by atoms with E-state index in [1.807, 2.05) is 6.08 Å². The van der Waals surface area contributed by atoms with Crippen LogP contribution in [0.3, 0.4) is 0 Å². The Morgan fingerprint density at radius 1 is 1.75 bits per heavy atom. The predicted octanol–water partition coefficient (Wildman–Crippen LogP) is 2.67. The first-order valence-electron chi connectivity index (χ1n) is 3.22. The Balaban J connectivity index is 2.10. The smallest absolute Gasteiger partial charge is 0.0285 e. The summed E-state index contributed by atoms with van der Waals surface area (Å²) in [6.07, 6.45) is 9.37. The Hall–Kier alpha value is -0.520. The minimum Gasteiger partial charge on any atom is -0.103 e. The summed E-state index contributed by atoms with van der Waals surface area (Å²) in [6.45, 7) is 3.66. The highest BCUT2D eigenvalue weighted by Crippen LogP contribution is 2.22. The molecule has 0 aromatic heterocycles. The molecule has 44 valence electrons. The average Bonchev–Trinajstić information content (AvgIpc) is 1.63. The summed E-state index contributed by atoms with van der Waals surface area (Å²) in [5, 5.41) is 0. The summed E-state index contributed by atoms with van der Waals surface area (Å²) in [5.74, 6) is 0. The van der Waals surface area contributed by atoms with Crippen LogP contribution in [0.2, 0.25) is 0 Å². The van der Waals surface area contributed by atoms with Gasteiger partial charge in [-0.25, -0.2) is 0 Å². The molecule has 0 heterocycles. The van der Waals surface area contributed by atoms with Crippen molar-refractivity contribution in [3.05, 3.63) is 24.3 Å². The van der Waals surface area contributed by atoms with E-state index in [9.17, 15) is 0 Å². The maximum absolute atomic E-state index is 3.66. The van der Waals surface area contributed by atoms with E-state index >= 15 is 0 Å². The van der Waals surface area contributed by atoms with Crippen molar-refractivity contribution >= 4 is 0 Å². The molecule has 0 amide bonds. The molecule has 0 aliphatic heterocycles. The number of hydrogen-bond donors (Lipinski definition) is 0. The maximum Gasteiger partial charge on any atom is -0.0285 e. The summed E-state index contributed by atoms with van der Waals surface area (Å²) in [6, 6.07) is 0. The third-order valence-corrected chi connectivity index (χ3v) is 1.57. The lowest BCUT2D eigenvalue weighted by Crippen LogP contribution is -1.91. The summed E-state index contributed by atoms with van der Waals surface area (Å²) in [7, 11) is 0. The van der Waals surface area contributed by atoms with Gasteiger partial charge in [0.2, 0.25) is 0 Å². The third-order valence-electron chi connectivity index (χ3n) is 1.57. The molecule has 0 atom stereocenters. The summed E-state index contributed by atoms with van der Waals surface area (Å²) < 4.78 is 0. The molecule has 0 nitrogen and oxygen atoms in total. The van der Waals surface area contributed by atoms with E-state index in [1.165, 1.54) is 19.3 Å². The van der Waals surface area contributed by atoms with Crippen LogP contribution >= 0.6 is 0 Å². The Morgan fingerprint density at radius 3 is 2.88 bits per heavy atom. The Bertz CT molecular complexity index is 109. The number of allylic oxidation sites excluding steroid dienone is 3. The molecule has 8 heavy (non-hydrogen) atoms. The van der Waals surface area contributed by atoms with Gasteiger partial charge in [-0.1, -0.05) is 17.7 Å². The van der Waals surface area contributed by atoms with Crippen LogP contribution in [0.25, 0.3) is 0 Å². The molecule has 0 unspecified atom stereocenters. The van der Waals surface area contributed by atoms with E-state index in [1.54, 1.807) is 5.57 Å². The molecule has 0 aromatic rings. The predicted molar refractivity (Wildman–Crippen MR) is 36.7 cm³/mol. The quantitative estimate of drug-likeness (QED) is 0.487. The standard InChI is InChI=1S/C8H12/c1-2-3-5-8-6-4-7-8/h2,6H,1,3-5,7H2. The largest absolute Gasteiger partial charge is 0.103 e. The molecule has 0 N–H and O–H groups in total. The van der Waals surface area contributed by atoms with E-state index in [0.717, 1.165) is 6.42 Å². The van der Waals surface area contributed by atoms with Gasteiger partial charge in [-0.15, -0.1) is 6.58 Å². The van der Waals surface area contributed by atoms with Crippen molar-refractivity contribution in [2.75, 3.05) is 0 Å². The van der Waals surface area contributed by atoms with Gasteiger partial charge in [-0.05, 0) is 25.7 Å². The highest BCUT2D eigenvalue weighted by atomic mass is 14.1. The normalized spacial score (nSPS) is 16.8. The topological polar surface area (TPSA) is 0 Å². The van der Waals surface area contributed by atoms with Crippen molar-refractivity contribution in [1.29, 1.82) is 0 Å². The minimum atomic E-state index is 1.16. The lowest BCUT2D eigenvalue weighted by atomic mass is 9.95. The molecule has 1 aliphatic rings. The van der Waals surface area contributed by atoms with Crippen molar-refractivity contribution in [2.24, 2.45) is 0 Å². The van der Waals surface area contributed by atoms with Crippen LogP contribution in [0.15, 0.2) is 24.3 Å². The van der Waals surface area contributed by atoms with E-state index in [0.29, 0.717) is 0 Å². The van der Waals surface area contributed by atoms with Gasteiger partial charge in [-0.3, -0.25) is 0 Å². The Labute approximate surface area is 50.9 Å². The molecule has 0 radical (unpaired) electrons. The molecule has 1 aliphatic carbocycles. The first kappa shape index (κ1) is 5.61. The van der Waals surface area contributed by atoms with Gasteiger partial charge in [-0.2, -0.15) is 0 Å². The van der Waals surface area contributed by atoms with Crippen molar-refractivity contribution in [3.8, 4) is 0 Å². The van der Waals surface area contributed by atoms with E-state index in [-0.39, 0.29) is 0 Å². The van der Waals surface area contributed by atoms with Crippen LogP contribution in [-0.2, 0) is 0 Å². The average molecular weight is 108 g/mol. The van der Waals surface area contributed by atoms with E-state index in [4.69, 9.17) is 0 Å². The second-order valence-electron chi connectivity index (χ2n) is 2.23. The zero-order valence-corrected chi connectivity index (χ0v) is 5.19. The van der Waals surface area contributed by atoms with Gasteiger partial charge in [0.1, 0.15) is 0 Å². The molecule has 0 bridgehead atoms. The van der Waals surface area contributed by atoms with Gasteiger partial charge < -0.3 is 0 Å². The fourth-order valence-corrected chi connectivity index (χ4v) is 0.863. The van der Waals surface area contributed by atoms with Crippen molar-refractivity contribution in [2.45, 2.75) is 25.7 Å². The van der Waals surface area contributed by atoms with Crippen LogP contribution in [0.1, 0.15) is 25.7 Å². The lowest BCUT2D eigenvalue weighted by molar-refractivity contribution is 0.787. The van der Waals surface area contributed by atoms with E-state index < -0.39 is 0 Å². The highest BCUT2D eigenvalue weighted by molar-refractivity contribution is 5.12. The Morgan fingerprint density at radius 2 is 2.50 bits per heavy atom. The molecule has 0 heteroatoms. The van der Waals surface area contributed by atoms with Gasteiger partial charge in [0.05, 0.1) is 0 Å². The van der Waals surface area contributed by atoms with Crippen LogP contribution in [0.5, 0.6) is 0 Å². The Kier molecular flexibility index (Phi) is 1.90. The van der Waals surface area contributed by atoms with Gasteiger partial charge >= 0.3 is 0 Å². The van der Waals surface area contributed by atoms with Crippen LogP contribution in [0, 0.1) is 0 Å². The second-order valence-corrected chi connectivity index (χ2v) is 2.23. The minimum absolute atomic E-state index is 1.16. The zero-order chi connectivity index (χ0) is 5.82. The lowest BCUT2D eigenvalue weighted by Gasteiger charge is -2.11. The molecule has 0 saturated carbocycles. The third kappa shape index (κ3) is 1.22. The zero-order valence-electron chi connectivity index (χ0n) is 5.19. The van der Waals surface area contributed by atoms with Crippen molar-refractivity contribution < 1.29 is 0 Å². The molecular formula is C8H12. The fourth-order valence-electron chi connectivity index (χ4n) is 0.863. The van der Waals surface area contributed by atoms with Gasteiger partial charge in [0.25, 0.3) is 0 Å². The molecule has 1 rings (SSSR count). The first-order valence-corrected chi connectivity index (χ1v) is 3.22. The molecule has 0 aromatic carbocycles. The van der Waals surface area contributed by atoms with E-state index in [2.05, 4.69) is 12.7 Å². The van der Waals surface area contributed by atoms with Crippen LogP contribution in [-0.4, -0.2) is 0 Å². The first-order chi connectivity index (χ1) is 3.93. The SMILES string of the molecule is C=CCCC1=CCC1. The molecule has 0 spiro atoms. The van der Waals surface area contributed by atoms with Gasteiger partial charge in [0.15, 0.2) is 0 Å².